The van der Waals surface area contributed by atoms with E-state index in [9.17, 15) is 13.2 Å². The highest BCUT2D eigenvalue weighted by molar-refractivity contribution is 7.92. The minimum atomic E-state index is -3.77. The molecule has 32 heavy (non-hydrogen) atoms. The first-order valence-electron chi connectivity index (χ1n) is 10.8. The Bertz CT molecular complexity index is 1020. The number of sulfonamides is 1. The fourth-order valence-corrected chi connectivity index (χ4v) is 4.42. The standard InChI is InChI=1S/C24H35N3O4S/c1-8-18(4)27(24(28)17(2)3)16-19-15-20(9-14-23(19)26(5)6)25-32(29,30)22-12-10-21(31-7)11-13-22/h9-15,17-18,25H,8,16H2,1-7H3. The van der Waals surface area contributed by atoms with E-state index >= 15 is 0 Å². The van der Waals surface area contributed by atoms with Gasteiger partial charge in [0, 0.05) is 44.0 Å². The van der Waals surface area contributed by atoms with Gasteiger partial charge in [0.2, 0.25) is 5.91 Å². The number of carbonyl (C=O) groups excluding carboxylic acids is 1. The molecule has 0 saturated heterocycles. The largest absolute Gasteiger partial charge is 0.497 e. The molecule has 1 N–H and O–H groups in total. The summed E-state index contributed by atoms with van der Waals surface area (Å²) >= 11 is 0. The molecule has 7 nitrogen and oxygen atoms in total. The van der Waals surface area contributed by atoms with E-state index in [1.165, 1.54) is 19.2 Å². The molecular weight excluding hydrogens is 426 g/mol. The monoisotopic (exact) mass is 461 g/mol. The number of anilines is 2. The van der Waals surface area contributed by atoms with E-state index in [-0.39, 0.29) is 22.8 Å². The second-order valence-corrected chi connectivity index (χ2v) is 10.1. The number of benzene rings is 2. The van der Waals surface area contributed by atoms with Crippen molar-refractivity contribution in [1.82, 2.24) is 4.90 Å². The summed E-state index contributed by atoms with van der Waals surface area (Å²) in [6.07, 6.45) is 0.833. The Morgan fingerprint density at radius 1 is 1.06 bits per heavy atom. The number of hydrogen-bond acceptors (Lipinski definition) is 5. The number of nitrogens with one attached hydrogen (secondary N) is 1. The van der Waals surface area contributed by atoms with Gasteiger partial charge in [-0.3, -0.25) is 9.52 Å². The van der Waals surface area contributed by atoms with Crippen LogP contribution in [0.15, 0.2) is 47.4 Å². The van der Waals surface area contributed by atoms with Gasteiger partial charge >= 0.3 is 0 Å². The van der Waals surface area contributed by atoms with Gasteiger partial charge in [-0.1, -0.05) is 20.8 Å². The molecule has 0 saturated carbocycles. The highest BCUT2D eigenvalue weighted by atomic mass is 32.2. The molecule has 0 fully saturated rings. The second-order valence-electron chi connectivity index (χ2n) is 8.40. The van der Waals surface area contributed by atoms with Crippen LogP contribution < -0.4 is 14.4 Å². The average molecular weight is 462 g/mol. The van der Waals surface area contributed by atoms with Crippen LogP contribution in [0.4, 0.5) is 11.4 Å². The molecule has 176 valence electrons. The topological polar surface area (TPSA) is 79.0 Å². The molecule has 0 aliphatic rings. The van der Waals surface area contributed by atoms with Crippen molar-refractivity contribution in [1.29, 1.82) is 0 Å². The smallest absolute Gasteiger partial charge is 0.261 e. The maximum absolute atomic E-state index is 12.9. The number of carbonyl (C=O) groups is 1. The molecule has 1 atom stereocenters. The van der Waals surface area contributed by atoms with Gasteiger partial charge in [-0.25, -0.2) is 8.42 Å². The van der Waals surface area contributed by atoms with Gasteiger partial charge in [-0.05, 0) is 61.4 Å². The third kappa shape index (κ3) is 6.16. The first kappa shape index (κ1) is 25.5. The van der Waals surface area contributed by atoms with Gasteiger partial charge in [0.05, 0.1) is 12.0 Å². The SMILES string of the molecule is CCC(C)N(Cc1cc(NS(=O)(=O)c2ccc(OC)cc2)ccc1N(C)C)C(=O)C(C)C. The predicted molar refractivity (Wildman–Crippen MR) is 130 cm³/mol. The molecule has 0 aromatic heterocycles. The number of ether oxygens (including phenoxy) is 1. The molecule has 0 spiro atoms. The highest BCUT2D eigenvalue weighted by Crippen LogP contribution is 2.28. The van der Waals surface area contributed by atoms with Gasteiger partial charge in [0.15, 0.2) is 0 Å². The summed E-state index contributed by atoms with van der Waals surface area (Å²) in [6.45, 7) is 8.27. The maximum Gasteiger partial charge on any atom is 0.261 e. The molecule has 1 amide bonds. The Labute approximate surface area is 192 Å². The lowest BCUT2D eigenvalue weighted by Gasteiger charge is -2.32. The zero-order valence-corrected chi connectivity index (χ0v) is 20.9. The van der Waals surface area contributed by atoms with E-state index < -0.39 is 10.0 Å². The van der Waals surface area contributed by atoms with Crippen LogP contribution in [0.2, 0.25) is 0 Å². The number of nitrogens with zero attached hydrogens (tertiary/aromatic N) is 2. The van der Waals surface area contributed by atoms with Crippen molar-refractivity contribution in [3.63, 3.8) is 0 Å². The van der Waals surface area contributed by atoms with E-state index in [2.05, 4.69) is 11.6 Å². The fraction of sp³-hybridized carbons (Fsp3) is 0.458. The maximum atomic E-state index is 12.9. The van der Waals surface area contributed by atoms with Crippen molar-refractivity contribution in [3.05, 3.63) is 48.0 Å². The summed E-state index contributed by atoms with van der Waals surface area (Å²) in [5, 5.41) is 0. The Hall–Kier alpha value is -2.74. The van der Waals surface area contributed by atoms with E-state index in [0.717, 1.165) is 17.7 Å². The summed E-state index contributed by atoms with van der Waals surface area (Å²) in [7, 11) is 1.62. The fourth-order valence-electron chi connectivity index (χ4n) is 3.37. The Morgan fingerprint density at radius 3 is 2.19 bits per heavy atom. The van der Waals surface area contributed by atoms with Gasteiger partial charge in [-0.15, -0.1) is 0 Å². The zero-order valence-electron chi connectivity index (χ0n) is 20.0. The quantitative estimate of drug-likeness (QED) is 0.569. The van der Waals surface area contributed by atoms with Crippen LogP contribution in [0, 0.1) is 5.92 Å². The average Bonchev–Trinajstić information content (AvgIpc) is 2.76. The summed E-state index contributed by atoms with van der Waals surface area (Å²) in [6, 6.07) is 11.7. The van der Waals surface area contributed by atoms with E-state index in [1.807, 2.05) is 50.7 Å². The molecule has 0 bridgehead atoms. The molecule has 2 aromatic carbocycles. The first-order chi connectivity index (χ1) is 15.0. The molecule has 0 radical (unpaired) electrons. The summed E-state index contributed by atoms with van der Waals surface area (Å²) in [4.78, 5) is 16.9. The number of amides is 1. The third-order valence-corrected chi connectivity index (χ3v) is 6.82. The van der Waals surface area contributed by atoms with Crippen LogP contribution in [0.3, 0.4) is 0 Å². The Kier molecular flexibility index (Phi) is 8.55. The van der Waals surface area contributed by atoms with Crippen molar-refractivity contribution in [2.45, 2.75) is 51.6 Å². The highest BCUT2D eigenvalue weighted by Gasteiger charge is 2.24. The zero-order chi connectivity index (χ0) is 24.1. The summed E-state index contributed by atoms with van der Waals surface area (Å²) in [5.41, 5.74) is 2.25. The minimum Gasteiger partial charge on any atom is -0.497 e. The Morgan fingerprint density at radius 2 is 1.69 bits per heavy atom. The van der Waals surface area contributed by atoms with Crippen molar-refractivity contribution in [2.24, 2.45) is 5.92 Å². The second kappa shape index (κ2) is 10.7. The van der Waals surface area contributed by atoms with Gasteiger partial charge in [0.25, 0.3) is 10.0 Å². The lowest BCUT2D eigenvalue weighted by atomic mass is 10.1. The van der Waals surface area contributed by atoms with Gasteiger partial charge < -0.3 is 14.5 Å². The van der Waals surface area contributed by atoms with Crippen molar-refractivity contribution >= 4 is 27.3 Å². The molecule has 8 heteroatoms. The molecule has 0 heterocycles. The molecule has 2 rings (SSSR count). The van der Waals surface area contributed by atoms with E-state index in [0.29, 0.717) is 18.0 Å². The predicted octanol–water partition coefficient (Wildman–Crippen LogP) is 4.35. The van der Waals surface area contributed by atoms with Crippen LogP contribution in [0.1, 0.15) is 39.7 Å². The van der Waals surface area contributed by atoms with Gasteiger partial charge in [-0.2, -0.15) is 0 Å². The van der Waals surface area contributed by atoms with Gasteiger partial charge in [0.1, 0.15) is 5.75 Å². The first-order valence-corrected chi connectivity index (χ1v) is 12.3. The molecule has 0 aliphatic heterocycles. The minimum absolute atomic E-state index is 0.0690. The summed E-state index contributed by atoms with van der Waals surface area (Å²) < 4.78 is 33.5. The lowest BCUT2D eigenvalue weighted by Crippen LogP contribution is -2.40. The lowest BCUT2D eigenvalue weighted by molar-refractivity contribution is -0.137. The van der Waals surface area contributed by atoms with Crippen molar-refractivity contribution in [2.75, 3.05) is 30.8 Å². The van der Waals surface area contributed by atoms with Crippen LogP contribution in [-0.2, 0) is 21.4 Å². The van der Waals surface area contributed by atoms with Crippen molar-refractivity contribution in [3.8, 4) is 5.75 Å². The number of hydrogen-bond donors (Lipinski definition) is 1. The van der Waals surface area contributed by atoms with Crippen LogP contribution in [0.25, 0.3) is 0 Å². The Balaban J connectivity index is 2.40. The van der Waals surface area contributed by atoms with E-state index in [4.69, 9.17) is 4.74 Å². The normalized spacial score (nSPS) is 12.4. The number of methoxy groups -OCH3 is 1. The van der Waals surface area contributed by atoms with Crippen LogP contribution >= 0.6 is 0 Å². The van der Waals surface area contributed by atoms with Crippen LogP contribution in [-0.4, -0.2) is 46.5 Å². The molecule has 2 aromatic rings. The van der Waals surface area contributed by atoms with Crippen molar-refractivity contribution < 1.29 is 17.9 Å². The molecular formula is C24H35N3O4S. The third-order valence-electron chi connectivity index (χ3n) is 5.42. The molecule has 0 aliphatic carbocycles. The summed E-state index contributed by atoms with van der Waals surface area (Å²) in [5.74, 6) is 0.540. The number of rotatable bonds is 10. The van der Waals surface area contributed by atoms with Crippen LogP contribution in [0.5, 0.6) is 5.75 Å². The molecule has 1 unspecified atom stereocenters. The van der Waals surface area contributed by atoms with E-state index in [1.54, 1.807) is 24.3 Å².